The third kappa shape index (κ3) is 5.84. The molecule has 0 bridgehead atoms. The van der Waals surface area contributed by atoms with Gasteiger partial charge in [0.25, 0.3) is 0 Å². The molecule has 7 nitrogen and oxygen atoms in total. The molecule has 0 unspecified atom stereocenters. The molecule has 1 aliphatic heterocycles. The molecule has 2 rings (SSSR count). The van der Waals surface area contributed by atoms with Crippen LogP contribution in [0.1, 0.15) is 25.3 Å². The zero-order valence-corrected chi connectivity index (χ0v) is 15.8. The van der Waals surface area contributed by atoms with Crippen LogP contribution in [0.25, 0.3) is 6.08 Å². The molecule has 0 aromatic heterocycles. The van der Waals surface area contributed by atoms with Crippen molar-refractivity contribution >= 4 is 30.6 Å². The van der Waals surface area contributed by atoms with Crippen LogP contribution in [0.5, 0.6) is 0 Å². The number of piperidine rings is 1. The first-order valence-electron chi connectivity index (χ1n) is 9.04. The number of rotatable bonds is 8. The fourth-order valence-electron chi connectivity index (χ4n) is 3.10. The quantitative estimate of drug-likeness (QED) is 0.301. The number of amides is 1. The summed E-state index contributed by atoms with van der Waals surface area (Å²) in [4.78, 5) is 37.4. The molecule has 1 heterocycles. The van der Waals surface area contributed by atoms with E-state index in [0.29, 0.717) is 18.7 Å². The SMILES string of the molecule is CCOC(=O)OCN(C)c1ccccc1/C=C(\C=O)C1CCN(C=O)CC1. The van der Waals surface area contributed by atoms with Crippen molar-refractivity contribution in [3.8, 4) is 0 Å². The highest BCUT2D eigenvalue weighted by Gasteiger charge is 2.21. The minimum absolute atomic E-state index is 0.0395. The van der Waals surface area contributed by atoms with Gasteiger partial charge in [-0.05, 0) is 49.0 Å². The molecule has 1 amide bonds. The van der Waals surface area contributed by atoms with E-state index in [1.807, 2.05) is 30.3 Å². The molecule has 1 aromatic carbocycles. The summed E-state index contributed by atoms with van der Waals surface area (Å²) >= 11 is 0. The Labute approximate surface area is 159 Å². The average Bonchev–Trinajstić information content (AvgIpc) is 2.71. The minimum Gasteiger partial charge on any atom is -0.435 e. The van der Waals surface area contributed by atoms with Gasteiger partial charge >= 0.3 is 6.16 Å². The molecule has 0 N–H and O–H groups in total. The summed E-state index contributed by atoms with van der Waals surface area (Å²) in [5, 5.41) is 0. The van der Waals surface area contributed by atoms with Gasteiger partial charge in [-0.25, -0.2) is 4.79 Å². The first-order valence-corrected chi connectivity index (χ1v) is 9.04. The van der Waals surface area contributed by atoms with E-state index in [0.717, 1.165) is 36.8 Å². The van der Waals surface area contributed by atoms with Gasteiger partial charge in [0.2, 0.25) is 6.41 Å². The van der Waals surface area contributed by atoms with Crippen LogP contribution >= 0.6 is 0 Å². The molecule has 27 heavy (non-hydrogen) atoms. The van der Waals surface area contributed by atoms with Crippen molar-refractivity contribution in [2.24, 2.45) is 5.92 Å². The molecule has 1 aliphatic rings. The number of allylic oxidation sites excluding steroid dienone is 1. The lowest BCUT2D eigenvalue weighted by Crippen LogP contribution is -2.33. The van der Waals surface area contributed by atoms with Crippen LogP contribution in [0.4, 0.5) is 10.5 Å². The number of likely N-dealkylation sites (tertiary alicyclic amines) is 1. The van der Waals surface area contributed by atoms with E-state index in [2.05, 4.69) is 0 Å². The summed E-state index contributed by atoms with van der Waals surface area (Å²) in [6.45, 7) is 3.33. The van der Waals surface area contributed by atoms with Gasteiger partial charge in [0.15, 0.2) is 6.73 Å². The van der Waals surface area contributed by atoms with Crippen molar-refractivity contribution in [3.05, 3.63) is 35.4 Å². The second-order valence-electron chi connectivity index (χ2n) is 6.39. The number of carbonyl (C=O) groups excluding carboxylic acids is 3. The zero-order chi connectivity index (χ0) is 19.6. The number of aldehydes is 1. The third-order valence-corrected chi connectivity index (χ3v) is 4.59. The highest BCUT2D eigenvalue weighted by molar-refractivity contribution is 5.85. The van der Waals surface area contributed by atoms with Crippen molar-refractivity contribution in [1.82, 2.24) is 4.90 Å². The van der Waals surface area contributed by atoms with Crippen molar-refractivity contribution in [3.63, 3.8) is 0 Å². The Morgan fingerprint density at radius 3 is 2.56 bits per heavy atom. The Kier molecular flexibility index (Phi) is 7.85. The number of hydrogen-bond donors (Lipinski definition) is 0. The Morgan fingerprint density at radius 1 is 1.22 bits per heavy atom. The number of ether oxygens (including phenoxy) is 2. The van der Waals surface area contributed by atoms with Crippen molar-refractivity contribution < 1.29 is 23.9 Å². The Morgan fingerprint density at radius 2 is 1.93 bits per heavy atom. The van der Waals surface area contributed by atoms with Crippen LogP contribution in [0.3, 0.4) is 0 Å². The number of carbonyl (C=O) groups is 3. The van der Waals surface area contributed by atoms with E-state index in [1.165, 1.54) is 0 Å². The van der Waals surface area contributed by atoms with Crippen molar-refractivity contribution in [1.29, 1.82) is 0 Å². The molecular weight excluding hydrogens is 348 g/mol. The predicted octanol–water partition coefficient (Wildman–Crippen LogP) is 2.70. The summed E-state index contributed by atoms with van der Waals surface area (Å²) in [5.41, 5.74) is 2.42. The van der Waals surface area contributed by atoms with E-state index in [1.54, 1.807) is 23.8 Å². The zero-order valence-electron chi connectivity index (χ0n) is 15.8. The van der Waals surface area contributed by atoms with Gasteiger partial charge in [-0.2, -0.15) is 0 Å². The van der Waals surface area contributed by atoms with Gasteiger partial charge in [-0.15, -0.1) is 0 Å². The number of hydrogen-bond acceptors (Lipinski definition) is 6. The maximum Gasteiger partial charge on any atom is 0.509 e. The standard InChI is InChI=1S/C20H26N2O5/c1-3-26-20(25)27-15-21(2)19-7-5-4-6-17(19)12-18(13-23)16-8-10-22(14-24)11-9-16/h4-7,12-14,16H,3,8-11,15H2,1-2H3/b18-12+. The topological polar surface area (TPSA) is 76.2 Å². The van der Waals surface area contributed by atoms with Gasteiger partial charge in [0, 0.05) is 25.8 Å². The third-order valence-electron chi connectivity index (χ3n) is 4.59. The second kappa shape index (κ2) is 10.4. The Hall–Kier alpha value is -2.83. The van der Waals surface area contributed by atoms with Crippen LogP contribution in [0, 0.1) is 5.92 Å². The van der Waals surface area contributed by atoms with Crippen LogP contribution in [-0.2, 0) is 19.1 Å². The molecule has 1 aromatic rings. The van der Waals surface area contributed by atoms with E-state index in [-0.39, 0.29) is 19.3 Å². The predicted molar refractivity (Wildman–Crippen MR) is 102 cm³/mol. The normalized spacial score (nSPS) is 15.2. The second-order valence-corrected chi connectivity index (χ2v) is 6.39. The van der Waals surface area contributed by atoms with Gasteiger partial charge in [0.05, 0.1) is 6.61 Å². The lowest BCUT2D eigenvalue weighted by Gasteiger charge is -2.29. The van der Waals surface area contributed by atoms with E-state index in [4.69, 9.17) is 9.47 Å². The number of nitrogens with zero attached hydrogens (tertiary/aromatic N) is 2. The number of benzene rings is 1. The summed E-state index contributed by atoms with van der Waals surface area (Å²) in [7, 11) is 1.80. The Balaban J connectivity index is 2.13. The van der Waals surface area contributed by atoms with Crippen molar-refractivity contribution in [2.75, 3.05) is 38.4 Å². The van der Waals surface area contributed by atoms with E-state index < -0.39 is 6.16 Å². The molecule has 0 spiro atoms. The van der Waals surface area contributed by atoms with E-state index in [9.17, 15) is 14.4 Å². The van der Waals surface area contributed by atoms with Crippen LogP contribution < -0.4 is 4.90 Å². The molecular formula is C20H26N2O5. The van der Waals surface area contributed by atoms with Gasteiger partial charge in [-0.1, -0.05) is 18.2 Å². The fourth-order valence-corrected chi connectivity index (χ4v) is 3.10. The van der Waals surface area contributed by atoms with Gasteiger partial charge < -0.3 is 19.3 Å². The number of para-hydroxylation sites is 1. The highest BCUT2D eigenvalue weighted by Crippen LogP contribution is 2.28. The van der Waals surface area contributed by atoms with Crippen LogP contribution in [0.15, 0.2) is 29.8 Å². The molecule has 0 radical (unpaired) electrons. The molecule has 146 valence electrons. The average molecular weight is 374 g/mol. The minimum atomic E-state index is -0.715. The largest absolute Gasteiger partial charge is 0.509 e. The van der Waals surface area contributed by atoms with Gasteiger partial charge in [-0.3, -0.25) is 9.59 Å². The first-order chi connectivity index (χ1) is 13.1. The smallest absolute Gasteiger partial charge is 0.435 e. The summed E-state index contributed by atoms with van der Waals surface area (Å²) < 4.78 is 9.82. The first kappa shape index (κ1) is 20.5. The summed E-state index contributed by atoms with van der Waals surface area (Å²) in [6, 6.07) is 7.60. The van der Waals surface area contributed by atoms with Gasteiger partial charge in [0.1, 0.15) is 6.29 Å². The van der Waals surface area contributed by atoms with E-state index >= 15 is 0 Å². The van der Waals surface area contributed by atoms with Crippen LogP contribution in [0.2, 0.25) is 0 Å². The maximum atomic E-state index is 11.7. The molecule has 0 saturated carbocycles. The van der Waals surface area contributed by atoms with Crippen molar-refractivity contribution in [2.45, 2.75) is 19.8 Å². The monoisotopic (exact) mass is 374 g/mol. The fraction of sp³-hybridized carbons (Fsp3) is 0.450. The summed E-state index contributed by atoms with van der Waals surface area (Å²) in [5.74, 6) is 0.132. The maximum absolute atomic E-state index is 11.7. The van der Waals surface area contributed by atoms with Crippen LogP contribution in [-0.4, -0.2) is 57.2 Å². The lowest BCUT2D eigenvalue weighted by atomic mass is 9.88. The molecule has 1 saturated heterocycles. The highest BCUT2D eigenvalue weighted by atomic mass is 16.7. The molecule has 7 heteroatoms. The molecule has 0 aliphatic carbocycles. The molecule has 1 fully saturated rings. The molecule has 0 atom stereocenters. The number of anilines is 1. The Bertz CT molecular complexity index is 681. The lowest BCUT2D eigenvalue weighted by molar-refractivity contribution is -0.119. The summed E-state index contributed by atoms with van der Waals surface area (Å²) in [6.07, 6.45) is 4.46.